The Morgan fingerprint density at radius 1 is 1.29 bits per heavy atom. The van der Waals surface area contributed by atoms with E-state index in [9.17, 15) is 9.59 Å². The van der Waals surface area contributed by atoms with E-state index in [0.29, 0.717) is 6.42 Å². The molecule has 3 nitrogen and oxygen atoms in total. The number of hydrogen-bond acceptors (Lipinski definition) is 3. The molecule has 0 saturated heterocycles. The molecule has 0 N–H and O–H groups in total. The fourth-order valence-electron chi connectivity index (χ4n) is 1.61. The summed E-state index contributed by atoms with van der Waals surface area (Å²) in [6, 6.07) is 9.65. The molecular weight excluding hydrogens is 216 g/mol. The quantitative estimate of drug-likeness (QED) is 0.560. The van der Waals surface area contributed by atoms with Crippen LogP contribution < -0.4 is 0 Å². The molecule has 0 aromatic heterocycles. The van der Waals surface area contributed by atoms with E-state index in [1.54, 1.807) is 13.8 Å². The van der Waals surface area contributed by atoms with Crippen molar-refractivity contribution in [3.8, 4) is 0 Å². The van der Waals surface area contributed by atoms with Crippen LogP contribution in [0.15, 0.2) is 30.3 Å². The monoisotopic (exact) mass is 234 g/mol. The molecule has 1 aromatic rings. The van der Waals surface area contributed by atoms with E-state index in [1.807, 2.05) is 30.3 Å². The average Bonchev–Trinajstić information content (AvgIpc) is 2.29. The molecule has 0 aliphatic carbocycles. The van der Waals surface area contributed by atoms with Crippen molar-refractivity contribution in [2.45, 2.75) is 32.8 Å². The standard InChI is InChI=1S/C14H18O3/c1-11(2)17-14(16)13(8-9-15)10-12-6-4-3-5-7-12/h3-7,9,11,13H,8,10H2,1-2H3/t13-/m1/s1. The normalized spacial score (nSPS) is 12.2. The minimum absolute atomic E-state index is 0.146. The van der Waals surface area contributed by atoms with Crippen LogP contribution in [0.5, 0.6) is 0 Å². The van der Waals surface area contributed by atoms with Gasteiger partial charge >= 0.3 is 5.97 Å². The smallest absolute Gasteiger partial charge is 0.309 e. The third-order valence-corrected chi connectivity index (χ3v) is 2.39. The van der Waals surface area contributed by atoms with Gasteiger partial charge in [-0.3, -0.25) is 4.79 Å². The van der Waals surface area contributed by atoms with Gasteiger partial charge in [-0.05, 0) is 25.8 Å². The second-order valence-electron chi connectivity index (χ2n) is 4.27. The van der Waals surface area contributed by atoms with Crippen molar-refractivity contribution in [1.29, 1.82) is 0 Å². The van der Waals surface area contributed by atoms with Crippen LogP contribution >= 0.6 is 0 Å². The van der Waals surface area contributed by atoms with Crippen LogP contribution in [0.1, 0.15) is 25.8 Å². The average molecular weight is 234 g/mol. The molecule has 17 heavy (non-hydrogen) atoms. The van der Waals surface area contributed by atoms with Gasteiger partial charge in [-0.1, -0.05) is 30.3 Å². The first-order valence-corrected chi connectivity index (χ1v) is 5.81. The molecule has 92 valence electrons. The Balaban J connectivity index is 2.66. The van der Waals surface area contributed by atoms with Crippen LogP contribution in [-0.2, 0) is 20.7 Å². The summed E-state index contributed by atoms with van der Waals surface area (Å²) >= 11 is 0. The highest BCUT2D eigenvalue weighted by Gasteiger charge is 2.20. The largest absolute Gasteiger partial charge is 0.463 e. The SMILES string of the molecule is CC(C)OC(=O)[C@H](CC=O)Cc1ccccc1. The summed E-state index contributed by atoms with van der Waals surface area (Å²) in [4.78, 5) is 22.4. The van der Waals surface area contributed by atoms with Crippen molar-refractivity contribution < 1.29 is 14.3 Å². The lowest BCUT2D eigenvalue weighted by atomic mass is 9.97. The number of hydrogen-bond donors (Lipinski definition) is 0. The van der Waals surface area contributed by atoms with Gasteiger partial charge in [-0.25, -0.2) is 0 Å². The van der Waals surface area contributed by atoms with Crippen LogP contribution in [0, 0.1) is 5.92 Å². The molecule has 0 aliphatic rings. The number of carbonyl (C=O) groups excluding carboxylic acids is 2. The molecule has 0 saturated carbocycles. The highest BCUT2D eigenvalue weighted by atomic mass is 16.5. The maximum Gasteiger partial charge on any atom is 0.309 e. The van der Waals surface area contributed by atoms with Gasteiger partial charge < -0.3 is 9.53 Å². The van der Waals surface area contributed by atoms with E-state index >= 15 is 0 Å². The fourth-order valence-corrected chi connectivity index (χ4v) is 1.61. The Bertz CT molecular complexity index is 357. The third-order valence-electron chi connectivity index (χ3n) is 2.39. The lowest BCUT2D eigenvalue weighted by Gasteiger charge is -2.15. The first kappa shape index (κ1) is 13.4. The molecule has 1 aromatic carbocycles. The summed E-state index contributed by atoms with van der Waals surface area (Å²) in [5.41, 5.74) is 1.04. The summed E-state index contributed by atoms with van der Waals surface area (Å²) in [5.74, 6) is -0.673. The first-order valence-electron chi connectivity index (χ1n) is 5.81. The van der Waals surface area contributed by atoms with Crippen molar-refractivity contribution >= 4 is 12.3 Å². The predicted octanol–water partition coefficient (Wildman–Crippen LogP) is 2.39. The molecule has 1 atom stereocenters. The highest BCUT2D eigenvalue weighted by molar-refractivity contribution is 5.76. The number of aldehydes is 1. The van der Waals surface area contributed by atoms with E-state index in [1.165, 1.54) is 0 Å². The Labute approximate surface area is 102 Å². The molecule has 0 bridgehead atoms. The number of esters is 1. The van der Waals surface area contributed by atoms with Gasteiger partial charge in [0.1, 0.15) is 6.29 Å². The number of ether oxygens (including phenoxy) is 1. The van der Waals surface area contributed by atoms with Gasteiger partial charge in [0.15, 0.2) is 0 Å². The second kappa shape index (κ2) is 6.84. The molecular formula is C14H18O3. The van der Waals surface area contributed by atoms with Crippen LogP contribution in [0.25, 0.3) is 0 Å². The predicted molar refractivity (Wildman–Crippen MR) is 65.5 cm³/mol. The van der Waals surface area contributed by atoms with E-state index < -0.39 is 0 Å². The van der Waals surface area contributed by atoms with Crippen molar-refractivity contribution in [2.75, 3.05) is 0 Å². The van der Waals surface area contributed by atoms with Crippen molar-refractivity contribution in [3.05, 3.63) is 35.9 Å². The molecule has 0 amide bonds. The van der Waals surface area contributed by atoms with E-state index in [0.717, 1.165) is 11.8 Å². The van der Waals surface area contributed by atoms with E-state index in [-0.39, 0.29) is 24.4 Å². The molecule has 0 radical (unpaired) electrons. The second-order valence-corrected chi connectivity index (χ2v) is 4.27. The summed E-state index contributed by atoms with van der Waals surface area (Å²) in [5, 5.41) is 0. The Morgan fingerprint density at radius 3 is 2.47 bits per heavy atom. The maximum atomic E-state index is 11.8. The zero-order chi connectivity index (χ0) is 12.7. The molecule has 0 spiro atoms. The third kappa shape index (κ3) is 4.81. The number of benzene rings is 1. The molecule has 3 heteroatoms. The van der Waals surface area contributed by atoms with Gasteiger partial charge in [0.05, 0.1) is 12.0 Å². The fraction of sp³-hybridized carbons (Fsp3) is 0.429. The topological polar surface area (TPSA) is 43.4 Å². The minimum Gasteiger partial charge on any atom is -0.463 e. The summed E-state index contributed by atoms with van der Waals surface area (Å²) in [6.45, 7) is 3.61. The first-order chi connectivity index (χ1) is 8.13. The molecule has 0 unspecified atom stereocenters. The zero-order valence-electron chi connectivity index (χ0n) is 10.3. The highest BCUT2D eigenvalue weighted by Crippen LogP contribution is 2.14. The lowest BCUT2D eigenvalue weighted by molar-refractivity contribution is -0.153. The van der Waals surface area contributed by atoms with Crippen LogP contribution in [0.2, 0.25) is 0 Å². The van der Waals surface area contributed by atoms with E-state index in [4.69, 9.17) is 4.74 Å². The van der Waals surface area contributed by atoms with Gasteiger partial charge in [0, 0.05) is 6.42 Å². The maximum absolute atomic E-state index is 11.8. The summed E-state index contributed by atoms with van der Waals surface area (Å²) in [7, 11) is 0. The van der Waals surface area contributed by atoms with Crippen LogP contribution in [0.3, 0.4) is 0 Å². The van der Waals surface area contributed by atoms with Crippen molar-refractivity contribution in [2.24, 2.45) is 5.92 Å². The lowest BCUT2D eigenvalue weighted by Crippen LogP contribution is -2.23. The van der Waals surface area contributed by atoms with Crippen LogP contribution in [0.4, 0.5) is 0 Å². The number of rotatable bonds is 6. The van der Waals surface area contributed by atoms with E-state index in [2.05, 4.69) is 0 Å². The van der Waals surface area contributed by atoms with Gasteiger partial charge in [0.2, 0.25) is 0 Å². The molecule has 0 heterocycles. The van der Waals surface area contributed by atoms with Gasteiger partial charge in [0.25, 0.3) is 0 Å². The molecule has 0 fully saturated rings. The molecule has 1 rings (SSSR count). The Kier molecular flexibility index (Phi) is 5.40. The zero-order valence-corrected chi connectivity index (χ0v) is 10.3. The van der Waals surface area contributed by atoms with Crippen molar-refractivity contribution in [1.82, 2.24) is 0 Å². The number of carbonyl (C=O) groups is 2. The minimum atomic E-state index is -0.378. The molecule has 0 aliphatic heterocycles. The van der Waals surface area contributed by atoms with Crippen LogP contribution in [-0.4, -0.2) is 18.4 Å². The van der Waals surface area contributed by atoms with Gasteiger partial charge in [-0.15, -0.1) is 0 Å². The van der Waals surface area contributed by atoms with Crippen molar-refractivity contribution in [3.63, 3.8) is 0 Å². The summed E-state index contributed by atoms with van der Waals surface area (Å²) < 4.78 is 5.14. The summed E-state index contributed by atoms with van der Waals surface area (Å²) in [6.07, 6.45) is 1.38. The Morgan fingerprint density at radius 2 is 1.94 bits per heavy atom. The van der Waals surface area contributed by atoms with Gasteiger partial charge in [-0.2, -0.15) is 0 Å². The Hall–Kier alpha value is -1.64.